The molecular weight excluding hydrogens is 611 g/mol. The van der Waals surface area contributed by atoms with Gasteiger partial charge in [-0.05, 0) is 84.7 Å². The number of carbonyl (C=O) groups excluding carboxylic acids is 2. The van der Waals surface area contributed by atoms with Gasteiger partial charge in [-0.2, -0.15) is 26.3 Å². The molecule has 1 aromatic heterocycles. The molecule has 14 heteroatoms. The maximum atomic E-state index is 14.4. The number of pyridine rings is 1. The zero-order valence-corrected chi connectivity index (χ0v) is 26.4. The Balaban J connectivity index is 0.00000215. The predicted octanol–water partition coefficient (Wildman–Crippen LogP) is 8.29. The highest BCUT2D eigenvalue weighted by Gasteiger charge is 2.48. The van der Waals surface area contributed by atoms with Gasteiger partial charge in [0, 0.05) is 12.3 Å². The molecule has 0 bridgehead atoms. The lowest BCUT2D eigenvalue weighted by atomic mass is 10.0. The fourth-order valence-corrected chi connectivity index (χ4v) is 2.92. The van der Waals surface area contributed by atoms with Crippen LogP contribution in [0.3, 0.4) is 0 Å². The van der Waals surface area contributed by atoms with Crippen LogP contribution < -0.4 is 15.4 Å². The van der Waals surface area contributed by atoms with Crippen molar-refractivity contribution in [3.8, 4) is 5.75 Å². The Labute approximate surface area is 258 Å². The number of benzene rings is 1. The number of ether oxygens (including phenoxy) is 2. The largest absolute Gasteiger partial charge is 0.461 e. The molecule has 0 spiro atoms. The van der Waals surface area contributed by atoms with Crippen LogP contribution in [0.4, 0.5) is 35.5 Å². The molecule has 1 unspecified atom stereocenters. The Morgan fingerprint density at radius 1 is 1.00 bits per heavy atom. The first-order chi connectivity index (χ1) is 20.7. The molecule has 252 valence electrons. The number of amides is 2. The Morgan fingerprint density at radius 2 is 1.56 bits per heavy atom. The van der Waals surface area contributed by atoms with Crippen molar-refractivity contribution >= 4 is 12.0 Å². The molecule has 0 saturated carbocycles. The lowest BCUT2D eigenvalue weighted by Crippen LogP contribution is -2.54. The molecule has 0 radical (unpaired) electrons. The minimum absolute atomic E-state index is 0.0107. The summed E-state index contributed by atoms with van der Waals surface area (Å²) in [5.74, 6) is -8.18. The number of aryl methyl sites for hydroxylation is 1. The fraction of sp³-hybridized carbons (Fsp3) is 0.452. The number of alkyl halides is 6. The van der Waals surface area contributed by atoms with Crippen LogP contribution in [0.25, 0.3) is 0 Å². The minimum Gasteiger partial charge on any atom is -0.458 e. The first-order valence-corrected chi connectivity index (χ1v) is 13.6. The van der Waals surface area contributed by atoms with Gasteiger partial charge >= 0.3 is 30.5 Å². The summed E-state index contributed by atoms with van der Waals surface area (Å²) in [6, 6.07) is 0.0714. The number of allylic oxidation sites excluding steroid dienone is 3. The first kappa shape index (κ1) is 40.9. The molecule has 1 aromatic carbocycles. The van der Waals surface area contributed by atoms with Crippen LogP contribution in [0.1, 0.15) is 71.3 Å². The second-order valence-corrected chi connectivity index (χ2v) is 10.1. The van der Waals surface area contributed by atoms with Gasteiger partial charge in [0.2, 0.25) is 0 Å². The maximum absolute atomic E-state index is 14.4. The molecule has 2 rings (SSSR count). The second kappa shape index (κ2) is 18.6. The molecular formula is C31H40F7N3O4. The lowest BCUT2D eigenvalue weighted by Gasteiger charge is -2.26. The normalized spacial score (nSPS) is 12.4. The number of aromatic nitrogens is 1. The van der Waals surface area contributed by atoms with Crippen LogP contribution >= 0.6 is 0 Å². The number of rotatable bonds is 10. The average molecular weight is 652 g/mol. The summed E-state index contributed by atoms with van der Waals surface area (Å²) in [6.07, 6.45) is -4.83. The van der Waals surface area contributed by atoms with Gasteiger partial charge in [0.15, 0.2) is 0 Å². The van der Waals surface area contributed by atoms with Crippen molar-refractivity contribution in [3.05, 3.63) is 83.5 Å². The molecule has 0 fully saturated rings. The van der Waals surface area contributed by atoms with Gasteiger partial charge in [-0.3, -0.25) is 4.98 Å². The smallest absolute Gasteiger partial charge is 0.458 e. The molecule has 1 heterocycles. The minimum atomic E-state index is -4.95. The third-order valence-corrected chi connectivity index (χ3v) is 5.32. The molecule has 45 heavy (non-hydrogen) atoms. The Morgan fingerprint density at radius 3 is 2.00 bits per heavy atom. The highest BCUT2D eigenvalue weighted by molar-refractivity contribution is 5.81. The molecule has 2 atom stereocenters. The molecule has 2 N–H and O–H groups in total. The number of nitrogens with one attached hydrogen (secondary N) is 2. The van der Waals surface area contributed by atoms with Gasteiger partial charge in [0.05, 0.1) is 17.8 Å². The summed E-state index contributed by atoms with van der Waals surface area (Å²) >= 11 is 0. The second-order valence-electron chi connectivity index (χ2n) is 10.1. The lowest BCUT2D eigenvalue weighted by molar-refractivity contribution is -0.253. The van der Waals surface area contributed by atoms with Crippen molar-refractivity contribution < 1.29 is 49.8 Å². The van der Waals surface area contributed by atoms with Crippen LogP contribution in [0, 0.1) is 12.7 Å². The predicted molar refractivity (Wildman–Crippen MR) is 157 cm³/mol. The van der Waals surface area contributed by atoms with Crippen LogP contribution in [0.5, 0.6) is 5.75 Å². The third kappa shape index (κ3) is 14.5. The van der Waals surface area contributed by atoms with Crippen molar-refractivity contribution in [1.82, 2.24) is 15.6 Å². The molecule has 7 nitrogen and oxygen atoms in total. The van der Waals surface area contributed by atoms with E-state index in [-0.39, 0.29) is 11.3 Å². The number of esters is 1. The van der Waals surface area contributed by atoms with Gasteiger partial charge in [0.1, 0.15) is 17.6 Å². The zero-order chi connectivity index (χ0) is 35.1. The average Bonchev–Trinajstić information content (AvgIpc) is 2.92. The number of hydrogen-bond acceptors (Lipinski definition) is 5. The Hall–Kier alpha value is -4.10. The van der Waals surface area contributed by atoms with Crippen molar-refractivity contribution in [2.45, 2.75) is 92.0 Å². The Bertz CT molecular complexity index is 1270. The van der Waals surface area contributed by atoms with Gasteiger partial charge in [0.25, 0.3) is 0 Å². The van der Waals surface area contributed by atoms with E-state index in [0.29, 0.717) is 11.6 Å². The monoisotopic (exact) mass is 651 g/mol. The molecule has 0 aliphatic heterocycles. The summed E-state index contributed by atoms with van der Waals surface area (Å²) in [6.45, 7) is 16.7. The van der Waals surface area contributed by atoms with Gasteiger partial charge in [-0.25, -0.2) is 14.0 Å². The number of carbonyl (C=O) groups is 2. The quantitative estimate of drug-likeness (QED) is 0.153. The molecule has 0 saturated heterocycles. The van der Waals surface area contributed by atoms with E-state index in [2.05, 4.69) is 46.3 Å². The Kier molecular flexibility index (Phi) is 16.9. The van der Waals surface area contributed by atoms with Crippen LogP contribution in [0.15, 0.2) is 60.8 Å². The maximum Gasteiger partial charge on any atom is 0.461 e. The molecule has 2 aromatic rings. The van der Waals surface area contributed by atoms with E-state index in [1.54, 1.807) is 13.0 Å². The number of halogens is 7. The zero-order valence-electron chi connectivity index (χ0n) is 26.4. The van der Waals surface area contributed by atoms with Crippen molar-refractivity contribution in [2.24, 2.45) is 0 Å². The van der Waals surface area contributed by atoms with Crippen LogP contribution in [0.2, 0.25) is 0 Å². The third-order valence-electron chi connectivity index (χ3n) is 5.32. The molecule has 2 amide bonds. The fourth-order valence-electron chi connectivity index (χ4n) is 2.92. The van der Waals surface area contributed by atoms with Crippen molar-refractivity contribution in [3.63, 3.8) is 0 Å². The van der Waals surface area contributed by atoms with E-state index < -0.39 is 60.2 Å². The van der Waals surface area contributed by atoms with E-state index >= 15 is 0 Å². The SMILES string of the molecule is C=CC.CC=C(C)C.Cc1ccc([C@@H](NC(=O)NC(C)C(F)(F)C(=O)OC(C)C)c2cc(F)cc(OC(F)(F)C(F)F)c2)nc1. The summed E-state index contributed by atoms with van der Waals surface area (Å²) in [5.41, 5.74) is 1.77. The van der Waals surface area contributed by atoms with Crippen LogP contribution in [-0.2, 0) is 9.53 Å². The van der Waals surface area contributed by atoms with Crippen LogP contribution in [-0.4, -0.2) is 47.6 Å². The van der Waals surface area contributed by atoms with E-state index in [1.165, 1.54) is 37.8 Å². The van der Waals surface area contributed by atoms with E-state index in [1.807, 2.05) is 19.2 Å². The van der Waals surface area contributed by atoms with E-state index in [9.17, 15) is 40.3 Å². The van der Waals surface area contributed by atoms with Gasteiger partial charge in [-0.15, -0.1) is 6.58 Å². The summed E-state index contributed by atoms with van der Waals surface area (Å²) in [7, 11) is 0. The number of urea groups is 1. The number of hydrogen-bond donors (Lipinski definition) is 2. The summed E-state index contributed by atoms with van der Waals surface area (Å²) in [4.78, 5) is 28.3. The standard InChI is InChI=1S/C23H24F7N3O4.C5H10.C3H6/c1-11(2)36-20(34)22(27,28)13(4)32-21(35)33-18(17-6-5-12(3)10-31-17)14-7-15(24)9-16(8-14)37-23(29,30)19(25)26;1-4-5(2)3;1-3-2/h5-11,13,18-19H,1-4H3,(H2,32,33,35);4H,1-3H3;3H,1H2,2H3/t13?,18-;;/m0../s1. The molecule has 0 aliphatic carbocycles. The summed E-state index contributed by atoms with van der Waals surface area (Å²) in [5, 5.41) is 4.10. The molecule has 0 aliphatic rings. The highest BCUT2D eigenvalue weighted by Crippen LogP contribution is 2.31. The summed E-state index contributed by atoms with van der Waals surface area (Å²) < 4.78 is 103. The highest BCUT2D eigenvalue weighted by atomic mass is 19.3. The van der Waals surface area contributed by atoms with E-state index in [4.69, 9.17) is 0 Å². The van der Waals surface area contributed by atoms with Crippen molar-refractivity contribution in [1.29, 1.82) is 0 Å². The van der Waals surface area contributed by atoms with Gasteiger partial charge in [-0.1, -0.05) is 23.8 Å². The van der Waals surface area contributed by atoms with Crippen molar-refractivity contribution in [2.75, 3.05) is 0 Å². The van der Waals surface area contributed by atoms with E-state index in [0.717, 1.165) is 19.1 Å². The number of nitrogens with zero attached hydrogens (tertiary/aromatic N) is 1. The first-order valence-electron chi connectivity index (χ1n) is 13.6. The van der Waals surface area contributed by atoms with Gasteiger partial charge < -0.3 is 20.1 Å². The topological polar surface area (TPSA) is 89.6 Å².